The van der Waals surface area contributed by atoms with Gasteiger partial charge in [0.1, 0.15) is 0 Å². The van der Waals surface area contributed by atoms with Gasteiger partial charge in [-0.1, -0.05) is 97.1 Å². The Morgan fingerprint density at radius 2 is 1.54 bits per heavy atom. The maximum Gasteiger partial charge on any atom is 0.0880 e. The molecule has 4 rings (SSSR count). The van der Waals surface area contributed by atoms with E-state index in [1.165, 1.54) is 27.8 Å². The molecule has 0 nitrogen and oxygen atoms in total. The van der Waals surface area contributed by atoms with E-state index < -0.39 is 8.07 Å². The van der Waals surface area contributed by atoms with Crippen LogP contribution in [0.2, 0.25) is 13.1 Å². The molecular weight excluding hydrogens is 352 g/mol. The van der Waals surface area contributed by atoms with Crippen molar-refractivity contribution >= 4 is 8.07 Å². The predicted molar refractivity (Wildman–Crippen MR) is 125 cm³/mol. The van der Waals surface area contributed by atoms with Crippen LogP contribution < -0.4 is 0 Å². The SMILES string of the molecule is CC(C)c1cc2c(c(-c3ccc(C(C)(C)C)cc3)c1C(C)C)[C]=C1C2[Si]1(C)C. The Hall–Kier alpha value is -1.60. The molecule has 28 heavy (non-hydrogen) atoms. The lowest BCUT2D eigenvalue weighted by Crippen LogP contribution is -2.12. The minimum atomic E-state index is -1.21. The van der Waals surface area contributed by atoms with E-state index in [1.807, 2.05) is 0 Å². The van der Waals surface area contributed by atoms with Crippen LogP contribution in [0.3, 0.4) is 0 Å². The Morgan fingerprint density at radius 3 is 2.04 bits per heavy atom. The summed E-state index contributed by atoms with van der Waals surface area (Å²) in [5.41, 5.74) is 11.2. The summed E-state index contributed by atoms with van der Waals surface area (Å²) in [6.07, 6.45) is 3.91. The second-order valence-corrected chi connectivity index (χ2v) is 15.6. The predicted octanol–water partition coefficient (Wildman–Crippen LogP) is 7.87. The lowest BCUT2D eigenvalue weighted by Gasteiger charge is -2.26. The van der Waals surface area contributed by atoms with E-state index in [2.05, 4.69) is 98.0 Å². The average Bonchev–Trinajstić information content (AvgIpc) is 2.95. The highest BCUT2D eigenvalue weighted by atomic mass is 28.3. The van der Waals surface area contributed by atoms with Gasteiger partial charge in [0, 0.05) is 5.54 Å². The standard InChI is InChI=1S/C27H35Si/c1-16(2)20-14-22-21(15-23-26(22)28(23,8)9)25(24(20)17(3)4)18-10-12-19(13-11-18)27(5,6)7/h10-14,16-17,26H,1-9H3. The molecule has 1 radical (unpaired) electrons. The van der Waals surface area contributed by atoms with Crippen molar-refractivity contribution in [3.8, 4) is 11.1 Å². The van der Waals surface area contributed by atoms with Crippen LogP contribution in [0.15, 0.2) is 35.5 Å². The molecule has 2 aromatic carbocycles. The third kappa shape index (κ3) is 2.85. The zero-order valence-electron chi connectivity index (χ0n) is 19.1. The van der Waals surface area contributed by atoms with Crippen molar-refractivity contribution in [3.63, 3.8) is 0 Å². The Bertz CT molecular complexity index is 963. The highest BCUT2D eigenvalue weighted by Gasteiger charge is 2.58. The molecule has 2 aromatic rings. The summed E-state index contributed by atoms with van der Waals surface area (Å²) in [6.45, 7) is 21.3. The molecule has 1 atom stereocenters. The highest BCUT2D eigenvalue weighted by molar-refractivity contribution is 6.98. The van der Waals surface area contributed by atoms with Crippen molar-refractivity contribution in [2.45, 2.75) is 84.4 Å². The van der Waals surface area contributed by atoms with Crippen LogP contribution in [0.5, 0.6) is 0 Å². The normalized spacial score (nSPS) is 19.7. The molecule has 0 amide bonds. The molecule has 0 N–H and O–H groups in total. The molecule has 0 aromatic heterocycles. The lowest BCUT2D eigenvalue weighted by molar-refractivity contribution is 0.590. The zero-order valence-corrected chi connectivity index (χ0v) is 20.1. The number of benzene rings is 2. The third-order valence-corrected chi connectivity index (χ3v) is 10.4. The van der Waals surface area contributed by atoms with Gasteiger partial charge < -0.3 is 0 Å². The first-order valence-electron chi connectivity index (χ1n) is 10.9. The molecule has 1 aliphatic heterocycles. The average molecular weight is 388 g/mol. The van der Waals surface area contributed by atoms with Gasteiger partial charge in [-0.3, -0.25) is 0 Å². The van der Waals surface area contributed by atoms with Gasteiger partial charge in [0.15, 0.2) is 0 Å². The van der Waals surface area contributed by atoms with Crippen LogP contribution >= 0.6 is 0 Å². The van der Waals surface area contributed by atoms with Crippen LogP contribution in [0, 0.1) is 6.08 Å². The van der Waals surface area contributed by atoms with E-state index in [1.54, 1.807) is 16.3 Å². The molecule has 1 saturated heterocycles. The van der Waals surface area contributed by atoms with Crippen LogP contribution in [0.4, 0.5) is 0 Å². The molecule has 0 bridgehead atoms. The summed E-state index contributed by atoms with van der Waals surface area (Å²) in [7, 11) is -1.21. The van der Waals surface area contributed by atoms with Crippen LogP contribution in [-0.4, -0.2) is 8.07 Å². The van der Waals surface area contributed by atoms with E-state index >= 15 is 0 Å². The lowest BCUT2D eigenvalue weighted by atomic mass is 9.79. The maximum absolute atomic E-state index is 3.91. The molecule has 0 saturated carbocycles. The number of fused-ring (bicyclic) bond motifs is 3. The van der Waals surface area contributed by atoms with Gasteiger partial charge in [0.05, 0.1) is 8.07 Å². The van der Waals surface area contributed by atoms with Crippen LogP contribution in [0.1, 0.15) is 93.7 Å². The smallest absolute Gasteiger partial charge is 0.0665 e. The molecule has 2 aliphatic rings. The number of rotatable bonds is 3. The van der Waals surface area contributed by atoms with E-state index in [0.29, 0.717) is 17.4 Å². The first-order valence-corrected chi connectivity index (χ1v) is 14.0. The van der Waals surface area contributed by atoms with E-state index in [0.717, 1.165) is 0 Å². The van der Waals surface area contributed by atoms with E-state index in [-0.39, 0.29) is 5.41 Å². The van der Waals surface area contributed by atoms with Gasteiger partial charge >= 0.3 is 0 Å². The Balaban J connectivity index is 1.97. The minimum absolute atomic E-state index is 0.187. The molecule has 147 valence electrons. The van der Waals surface area contributed by atoms with Crippen molar-refractivity contribution in [2.75, 3.05) is 0 Å². The fourth-order valence-electron chi connectivity index (χ4n) is 5.10. The van der Waals surface area contributed by atoms with Crippen molar-refractivity contribution in [3.05, 3.63) is 69.4 Å². The van der Waals surface area contributed by atoms with Crippen molar-refractivity contribution < 1.29 is 0 Å². The minimum Gasteiger partial charge on any atom is -0.0665 e. The topological polar surface area (TPSA) is 0 Å². The Morgan fingerprint density at radius 1 is 0.929 bits per heavy atom. The highest BCUT2D eigenvalue weighted by Crippen LogP contribution is 2.62. The first kappa shape index (κ1) is 19.7. The fourth-order valence-corrected chi connectivity index (χ4v) is 8.74. The first-order chi connectivity index (χ1) is 12.9. The number of allylic oxidation sites excluding steroid dienone is 1. The summed E-state index contributed by atoms with van der Waals surface area (Å²) in [5, 5.41) is 1.64. The van der Waals surface area contributed by atoms with Gasteiger partial charge in [-0.25, -0.2) is 0 Å². The summed E-state index contributed by atoms with van der Waals surface area (Å²) in [4.78, 5) is 0. The second-order valence-electron chi connectivity index (χ2n) is 11.0. The van der Waals surface area contributed by atoms with Gasteiger partial charge in [-0.05, 0) is 62.3 Å². The van der Waals surface area contributed by atoms with Crippen molar-refractivity contribution in [1.82, 2.24) is 0 Å². The van der Waals surface area contributed by atoms with Gasteiger partial charge in [-0.2, -0.15) is 0 Å². The summed E-state index contributed by atoms with van der Waals surface area (Å²) in [5.74, 6) is 1.05. The second kappa shape index (κ2) is 6.20. The van der Waals surface area contributed by atoms with Crippen LogP contribution in [0.25, 0.3) is 11.1 Å². The largest absolute Gasteiger partial charge is 0.0880 e. The van der Waals surface area contributed by atoms with Crippen LogP contribution in [-0.2, 0) is 5.41 Å². The fraction of sp³-hybridized carbons (Fsp3) is 0.481. The summed E-state index contributed by atoms with van der Waals surface area (Å²) < 4.78 is 0. The Labute approximate surface area is 173 Å². The zero-order chi connectivity index (χ0) is 20.6. The molecule has 0 spiro atoms. The quantitative estimate of drug-likeness (QED) is 0.470. The monoisotopic (exact) mass is 387 g/mol. The molecule has 1 fully saturated rings. The molecule has 1 unspecified atom stereocenters. The van der Waals surface area contributed by atoms with Crippen molar-refractivity contribution in [1.29, 1.82) is 0 Å². The number of hydrogen-bond donors (Lipinski definition) is 0. The number of hydrogen-bond acceptors (Lipinski definition) is 0. The summed E-state index contributed by atoms with van der Waals surface area (Å²) in [6, 6.07) is 11.9. The molecule has 1 heteroatoms. The molecule has 1 aliphatic carbocycles. The van der Waals surface area contributed by atoms with E-state index in [9.17, 15) is 0 Å². The summed E-state index contributed by atoms with van der Waals surface area (Å²) >= 11 is 0. The Kier molecular flexibility index (Phi) is 4.36. The van der Waals surface area contributed by atoms with Gasteiger partial charge in [0.25, 0.3) is 0 Å². The third-order valence-electron chi connectivity index (χ3n) is 6.86. The molecular formula is C27H35Si. The van der Waals surface area contributed by atoms with Crippen molar-refractivity contribution in [2.24, 2.45) is 0 Å². The van der Waals surface area contributed by atoms with Gasteiger partial charge in [-0.15, -0.1) is 0 Å². The molecule has 1 heterocycles. The maximum atomic E-state index is 3.91. The van der Waals surface area contributed by atoms with Gasteiger partial charge in [0.2, 0.25) is 0 Å². The van der Waals surface area contributed by atoms with E-state index in [4.69, 9.17) is 0 Å².